The van der Waals surface area contributed by atoms with Crippen LogP contribution in [0.25, 0.3) is 11.3 Å². The monoisotopic (exact) mass is 484 g/mol. The lowest BCUT2D eigenvalue weighted by Crippen LogP contribution is -2.30. The lowest BCUT2D eigenvalue weighted by molar-refractivity contribution is 0.0996. The van der Waals surface area contributed by atoms with E-state index in [0.717, 1.165) is 42.5 Å². The molecule has 8 nitrogen and oxygen atoms in total. The van der Waals surface area contributed by atoms with Crippen molar-refractivity contribution in [1.29, 1.82) is 0 Å². The first-order valence-corrected chi connectivity index (χ1v) is 12.1. The molecule has 8 heteroatoms. The Labute approximate surface area is 208 Å². The van der Waals surface area contributed by atoms with Gasteiger partial charge in [0.1, 0.15) is 5.75 Å². The molecule has 184 valence electrons. The predicted molar refractivity (Wildman–Crippen MR) is 136 cm³/mol. The van der Waals surface area contributed by atoms with Crippen molar-refractivity contribution in [2.45, 2.75) is 45.1 Å². The second kappa shape index (κ2) is 10.1. The van der Waals surface area contributed by atoms with E-state index < -0.39 is 5.91 Å². The van der Waals surface area contributed by atoms with Crippen LogP contribution in [-0.4, -0.2) is 26.8 Å². The Bertz CT molecular complexity index is 1380. The number of rotatable bonds is 6. The van der Waals surface area contributed by atoms with Gasteiger partial charge >= 0.3 is 6.03 Å². The Morgan fingerprint density at radius 1 is 1.08 bits per heavy atom. The standard InChI is InChI=1S/C28H28N4O4/c1-18-6-4-7-19(14-18)17-29-28(35)32-24(20-8-2-3-9-20)16-23(31-32)22-15-21(11-12-25(22)33)30-27(34)26-10-5-13-36-26/h4-7,10-16,20,33H,2-3,8-9,17H2,1H3,(H,29,35)(H,30,34). The van der Waals surface area contributed by atoms with Crippen molar-refractivity contribution >= 4 is 17.6 Å². The van der Waals surface area contributed by atoms with Crippen molar-refractivity contribution in [3.8, 4) is 17.0 Å². The highest BCUT2D eigenvalue weighted by Gasteiger charge is 2.26. The Kier molecular flexibility index (Phi) is 6.58. The number of amides is 2. The largest absolute Gasteiger partial charge is 0.507 e. The van der Waals surface area contributed by atoms with Gasteiger partial charge in [0.15, 0.2) is 5.76 Å². The minimum atomic E-state index is -0.399. The number of phenolic OH excluding ortho intramolecular Hbond substituents is 1. The molecule has 3 N–H and O–H groups in total. The molecule has 2 aromatic carbocycles. The first kappa shape index (κ1) is 23.4. The minimum Gasteiger partial charge on any atom is -0.507 e. The van der Waals surface area contributed by atoms with Crippen molar-refractivity contribution in [3.05, 3.63) is 89.5 Å². The fourth-order valence-electron chi connectivity index (χ4n) is 4.70. The summed E-state index contributed by atoms with van der Waals surface area (Å²) in [7, 11) is 0. The summed E-state index contributed by atoms with van der Waals surface area (Å²) in [5, 5.41) is 20.9. The average molecular weight is 485 g/mol. The van der Waals surface area contributed by atoms with Gasteiger partial charge in [-0.3, -0.25) is 4.79 Å². The van der Waals surface area contributed by atoms with E-state index in [9.17, 15) is 14.7 Å². The second-order valence-electron chi connectivity index (χ2n) is 9.16. The van der Waals surface area contributed by atoms with E-state index in [0.29, 0.717) is 23.5 Å². The fourth-order valence-corrected chi connectivity index (χ4v) is 4.70. The normalized spacial score (nSPS) is 13.6. The number of anilines is 1. The van der Waals surface area contributed by atoms with Crippen molar-refractivity contribution in [3.63, 3.8) is 0 Å². The van der Waals surface area contributed by atoms with Crippen LogP contribution in [0.3, 0.4) is 0 Å². The van der Waals surface area contributed by atoms with Gasteiger partial charge < -0.3 is 20.2 Å². The molecular formula is C28H28N4O4. The number of aromatic nitrogens is 2. The SMILES string of the molecule is Cc1cccc(CNC(=O)n2nc(-c3cc(NC(=O)c4ccco4)ccc3O)cc2C2CCCC2)c1. The van der Waals surface area contributed by atoms with Gasteiger partial charge in [0.2, 0.25) is 0 Å². The van der Waals surface area contributed by atoms with Gasteiger partial charge in [-0.2, -0.15) is 9.78 Å². The lowest BCUT2D eigenvalue weighted by atomic mass is 10.0. The second-order valence-corrected chi connectivity index (χ2v) is 9.16. The minimum absolute atomic E-state index is 0.00814. The highest BCUT2D eigenvalue weighted by Crippen LogP contribution is 2.38. The number of hydrogen-bond acceptors (Lipinski definition) is 5. The number of aromatic hydroxyl groups is 1. The molecule has 4 aromatic rings. The van der Waals surface area contributed by atoms with Crippen molar-refractivity contribution in [2.24, 2.45) is 0 Å². The maximum Gasteiger partial charge on any atom is 0.342 e. The summed E-state index contributed by atoms with van der Waals surface area (Å²) in [6.45, 7) is 2.40. The molecule has 0 radical (unpaired) electrons. The third-order valence-electron chi connectivity index (χ3n) is 6.50. The topological polar surface area (TPSA) is 109 Å². The number of benzene rings is 2. The van der Waals surface area contributed by atoms with Crippen molar-refractivity contribution < 1.29 is 19.1 Å². The maximum atomic E-state index is 13.2. The molecular weight excluding hydrogens is 456 g/mol. The summed E-state index contributed by atoms with van der Waals surface area (Å²) in [4.78, 5) is 25.6. The zero-order chi connectivity index (χ0) is 25.1. The first-order valence-electron chi connectivity index (χ1n) is 12.1. The summed E-state index contributed by atoms with van der Waals surface area (Å²) in [6.07, 6.45) is 5.62. The van der Waals surface area contributed by atoms with Crippen LogP contribution in [0, 0.1) is 6.92 Å². The molecule has 0 bridgehead atoms. The molecule has 1 aliphatic rings. The van der Waals surface area contributed by atoms with Crippen LogP contribution < -0.4 is 10.6 Å². The van der Waals surface area contributed by atoms with Crippen LogP contribution in [0.1, 0.15) is 59.0 Å². The molecule has 5 rings (SSSR count). The number of aryl methyl sites for hydroxylation is 1. The van der Waals surface area contributed by atoms with Crippen LogP contribution in [0.4, 0.5) is 10.5 Å². The van der Waals surface area contributed by atoms with Crippen LogP contribution in [-0.2, 0) is 6.54 Å². The van der Waals surface area contributed by atoms with Crippen LogP contribution in [0.5, 0.6) is 5.75 Å². The molecule has 0 unspecified atom stereocenters. The fraction of sp³-hybridized carbons (Fsp3) is 0.250. The molecule has 1 aliphatic carbocycles. The van der Waals surface area contributed by atoms with E-state index in [-0.39, 0.29) is 23.5 Å². The van der Waals surface area contributed by atoms with Gasteiger partial charge in [-0.05, 0) is 61.7 Å². The predicted octanol–water partition coefficient (Wildman–Crippen LogP) is 5.82. The molecule has 2 aromatic heterocycles. The molecule has 2 heterocycles. The third kappa shape index (κ3) is 5.02. The summed E-state index contributed by atoms with van der Waals surface area (Å²) in [5.41, 5.74) is 4.34. The molecule has 2 amide bonds. The van der Waals surface area contributed by atoms with Crippen molar-refractivity contribution in [2.75, 3.05) is 5.32 Å². The molecule has 0 saturated heterocycles. The highest BCUT2D eigenvalue weighted by atomic mass is 16.3. The highest BCUT2D eigenvalue weighted by molar-refractivity contribution is 6.02. The third-order valence-corrected chi connectivity index (χ3v) is 6.50. The van der Waals surface area contributed by atoms with Gasteiger partial charge in [-0.25, -0.2) is 4.79 Å². The van der Waals surface area contributed by atoms with Crippen LogP contribution in [0.2, 0.25) is 0 Å². The van der Waals surface area contributed by atoms with E-state index >= 15 is 0 Å². The summed E-state index contributed by atoms with van der Waals surface area (Å²) >= 11 is 0. The summed E-state index contributed by atoms with van der Waals surface area (Å²) in [5.74, 6) is 0.0146. The number of furan rings is 1. The smallest absolute Gasteiger partial charge is 0.342 e. The van der Waals surface area contributed by atoms with Gasteiger partial charge in [0, 0.05) is 23.7 Å². The Hall–Kier alpha value is -4.33. The van der Waals surface area contributed by atoms with E-state index in [1.807, 2.05) is 37.3 Å². The zero-order valence-electron chi connectivity index (χ0n) is 20.0. The van der Waals surface area contributed by atoms with E-state index in [2.05, 4.69) is 15.7 Å². The number of nitrogens with zero attached hydrogens (tertiary/aromatic N) is 2. The van der Waals surface area contributed by atoms with E-state index in [1.165, 1.54) is 17.0 Å². The number of hydrogen-bond donors (Lipinski definition) is 3. The summed E-state index contributed by atoms with van der Waals surface area (Å²) < 4.78 is 6.57. The first-order chi connectivity index (χ1) is 17.5. The number of carbonyl (C=O) groups excluding carboxylic acids is 2. The van der Waals surface area contributed by atoms with Gasteiger partial charge in [-0.15, -0.1) is 0 Å². The van der Waals surface area contributed by atoms with E-state index in [1.54, 1.807) is 24.3 Å². The van der Waals surface area contributed by atoms with Crippen molar-refractivity contribution in [1.82, 2.24) is 15.1 Å². The molecule has 36 heavy (non-hydrogen) atoms. The number of nitrogens with one attached hydrogen (secondary N) is 2. The molecule has 0 aliphatic heterocycles. The Morgan fingerprint density at radius 3 is 2.67 bits per heavy atom. The Balaban J connectivity index is 1.43. The molecule has 0 spiro atoms. The van der Waals surface area contributed by atoms with Gasteiger partial charge in [0.25, 0.3) is 5.91 Å². The van der Waals surface area contributed by atoms with Crippen LogP contribution >= 0.6 is 0 Å². The molecule has 1 fully saturated rings. The maximum absolute atomic E-state index is 13.2. The quantitative estimate of drug-likeness (QED) is 0.299. The van der Waals surface area contributed by atoms with Gasteiger partial charge in [-0.1, -0.05) is 42.7 Å². The Morgan fingerprint density at radius 2 is 1.92 bits per heavy atom. The zero-order valence-corrected chi connectivity index (χ0v) is 20.0. The molecule has 1 saturated carbocycles. The number of phenols is 1. The molecule has 0 atom stereocenters. The summed E-state index contributed by atoms with van der Waals surface area (Å²) in [6, 6.07) is 17.5. The van der Waals surface area contributed by atoms with Crippen LogP contribution in [0.15, 0.2) is 71.3 Å². The van der Waals surface area contributed by atoms with E-state index in [4.69, 9.17) is 4.42 Å². The lowest BCUT2D eigenvalue weighted by Gasteiger charge is -2.12. The average Bonchev–Trinajstić information content (AvgIpc) is 3.65. The van der Waals surface area contributed by atoms with Gasteiger partial charge in [0.05, 0.1) is 17.7 Å². The number of carbonyl (C=O) groups is 2.